The van der Waals surface area contributed by atoms with Crippen LogP contribution < -0.4 is 0 Å². The quantitative estimate of drug-likeness (QED) is 0.769. The molecule has 0 aliphatic carbocycles. The van der Waals surface area contributed by atoms with Crippen molar-refractivity contribution in [2.24, 2.45) is 5.92 Å². The molecule has 1 fully saturated rings. The second kappa shape index (κ2) is 5.17. The van der Waals surface area contributed by atoms with Crippen molar-refractivity contribution in [3.8, 4) is 0 Å². The number of carbonyl (C=O) groups is 1. The number of benzene rings is 1. The summed E-state index contributed by atoms with van der Waals surface area (Å²) in [6.45, 7) is 3.36. The van der Waals surface area contributed by atoms with E-state index in [0.29, 0.717) is 17.0 Å². The van der Waals surface area contributed by atoms with E-state index >= 15 is 0 Å². The van der Waals surface area contributed by atoms with Gasteiger partial charge in [-0.2, -0.15) is 0 Å². The number of hydrogen-bond donors (Lipinski definition) is 0. The Morgan fingerprint density at radius 3 is 2.94 bits per heavy atom. The minimum absolute atomic E-state index is 0.0194. The molecule has 1 amide bonds. The lowest BCUT2D eigenvalue weighted by Gasteiger charge is -2.17. The Hall–Kier alpha value is -0.900. The average molecular weight is 300 g/mol. The van der Waals surface area contributed by atoms with E-state index in [4.69, 9.17) is 0 Å². The van der Waals surface area contributed by atoms with Crippen molar-refractivity contribution in [3.63, 3.8) is 0 Å². The van der Waals surface area contributed by atoms with E-state index in [1.165, 1.54) is 12.1 Å². The Morgan fingerprint density at radius 2 is 2.35 bits per heavy atom. The lowest BCUT2D eigenvalue weighted by molar-refractivity contribution is 0.0787. The first-order valence-corrected chi connectivity index (χ1v) is 6.85. The molecule has 1 heterocycles. The minimum atomic E-state index is -0.293. The number of aryl methyl sites for hydroxylation is 1. The molecule has 0 bridgehead atoms. The zero-order valence-corrected chi connectivity index (χ0v) is 11.3. The first-order chi connectivity index (χ1) is 8.11. The Bertz CT molecular complexity index is 435. The fraction of sp³-hybridized carbons (Fsp3) is 0.462. The van der Waals surface area contributed by atoms with E-state index in [1.54, 1.807) is 13.0 Å². The standard InChI is InChI=1S/C13H15BrFNO/c1-9-6-11(15)2-3-12(9)13(17)16-5-4-10(7-14)8-16/h2-3,6,10H,4-5,7-8H2,1H3. The van der Waals surface area contributed by atoms with Gasteiger partial charge in [0.05, 0.1) is 0 Å². The molecule has 1 unspecified atom stereocenters. The van der Waals surface area contributed by atoms with E-state index < -0.39 is 0 Å². The van der Waals surface area contributed by atoms with Crippen LogP contribution >= 0.6 is 15.9 Å². The SMILES string of the molecule is Cc1cc(F)ccc1C(=O)N1CCC(CBr)C1. The fourth-order valence-electron chi connectivity index (χ4n) is 2.18. The second-order valence-electron chi connectivity index (χ2n) is 4.52. The van der Waals surface area contributed by atoms with Crippen LogP contribution in [0.5, 0.6) is 0 Å². The van der Waals surface area contributed by atoms with E-state index in [1.807, 2.05) is 4.90 Å². The molecule has 0 spiro atoms. The number of halogens is 2. The van der Waals surface area contributed by atoms with Crippen LogP contribution in [0.1, 0.15) is 22.3 Å². The fourth-order valence-corrected chi connectivity index (χ4v) is 2.71. The van der Waals surface area contributed by atoms with Crippen LogP contribution in [0.2, 0.25) is 0 Å². The molecule has 92 valence electrons. The van der Waals surface area contributed by atoms with Gasteiger partial charge in [-0.3, -0.25) is 4.79 Å². The van der Waals surface area contributed by atoms with E-state index in [2.05, 4.69) is 15.9 Å². The van der Waals surface area contributed by atoms with E-state index in [-0.39, 0.29) is 11.7 Å². The summed E-state index contributed by atoms with van der Waals surface area (Å²) in [5, 5.41) is 0.930. The summed E-state index contributed by atoms with van der Waals surface area (Å²) in [5.41, 5.74) is 1.32. The predicted molar refractivity (Wildman–Crippen MR) is 68.9 cm³/mol. The molecule has 0 saturated carbocycles. The van der Waals surface area contributed by atoms with Gasteiger partial charge in [-0.15, -0.1) is 0 Å². The van der Waals surface area contributed by atoms with Crippen molar-refractivity contribution >= 4 is 21.8 Å². The zero-order chi connectivity index (χ0) is 12.4. The molecule has 1 aliphatic rings. The molecule has 0 N–H and O–H groups in total. The van der Waals surface area contributed by atoms with Crippen molar-refractivity contribution in [2.45, 2.75) is 13.3 Å². The second-order valence-corrected chi connectivity index (χ2v) is 5.17. The Morgan fingerprint density at radius 1 is 1.59 bits per heavy atom. The number of likely N-dealkylation sites (tertiary alicyclic amines) is 1. The smallest absolute Gasteiger partial charge is 0.254 e. The van der Waals surface area contributed by atoms with Gasteiger partial charge in [0.25, 0.3) is 5.91 Å². The zero-order valence-electron chi connectivity index (χ0n) is 9.75. The van der Waals surface area contributed by atoms with Crippen LogP contribution in [0, 0.1) is 18.7 Å². The van der Waals surface area contributed by atoms with Gasteiger partial charge in [-0.05, 0) is 43.0 Å². The summed E-state index contributed by atoms with van der Waals surface area (Å²) in [5.74, 6) is 0.268. The van der Waals surface area contributed by atoms with Gasteiger partial charge in [0.1, 0.15) is 5.82 Å². The lowest BCUT2D eigenvalue weighted by atomic mass is 10.1. The summed E-state index contributed by atoms with van der Waals surface area (Å²) in [7, 11) is 0. The molecule has 1 aromatic rings. The molecule has 2 nitrogen and oxygen atoms in total. The van der Waals surface area contributed by atoms with Crippen LogP contribution in [-0.2, 0) is 0 Å². The third-order valence-corrected chi connectivity index (χ3v) is 4.13. The van der Waals surface area contributed by atoms with Gasteiger partial charge < -0.3 is 4.90 Å². The number of rotatable bonds is 2. The van der Waals surface area contributed by atoms with Crippen molar-refractivity contribution in [2.75, 3.05) is 18.4 Å². The molecule has 0 radical (unpaired) electrons. The van der Waals surface area contributed by atoms with Gasteiger partial charge in [-0.25, -0.2) is 4.39 Å². The summed E-state index contributed by atoms with van der Waals surface area (Å²) in [4.78, 5) is 14.1. The van der Waals surface area contributed by atoms with Gasteiger partial charge in [0.15, 0.2) is 0 Å². The third-order valence-electron chi connectivity index (χ3n) is 3.21. The number of hydrogen-bond acceptors (Lipinski definition) is 1. The van der Waals surface area contributed by atoms with Crippen LogP contribution in [0.15, 0.2) is 18.2 Å². The van der Waals surface area contributed by atoms with Crippen molar-refractivity contribution < 1.29 is 9.18 Å². The first-order valence-electron chi connectivity index (χ1n) is 5.73. The van der Waals surface area contributed by atoms with Gasteiger partial charge in [0, 0.05) is 24.0 Å². The number of nitrogens with zero attached hydrogens (tertiary/aromatic N) is 1. The Labute approximate surface area is 109 Å². The summed E-state index contributed by atoms with van der Waals surface area (Å²) in [6.07, 6.45) is 1.04. The summed E-state index contributed by atoms with van der Waals surface area (Å²) in [6, 6.07) is 4.33. The molecule has 0 aromatic heterocycles. The van der Waals surface area contributed by atoms with E-state index in [9.17, 15) is 9.18 Å². The van der Waals surface area contributed by atoms with Gasteiger partial charge >= 0.3 is 0 Å². The molecule has 1 atom stereocenters. The third kappa shape index (κ3) is 2.68. The summed E-state index contributed by atoms with van der Waals surface area (Å²) >= 11 is 3.45. The predicted octanol–water partition coefficient (Wildman–Crippen LogP) is 2.99. The molecular weight excluding hydrogens is 285 g/mol. The van der Waals surface area contributed by atoms with Crippen LogP contribution in [0.4, 0.5) is 4.39 Å². The number of carbonyl (C=O) groups excluding carboxylic acids is 1. The van der Waals surface area contributed by atoms with Gasteiger partial charge in [0.2, 0.25) is 0 Å². The number of amides is 1. The Balaban J connectivity index is 2.15. The van der Waals surface area contributed by atoms with Crippen molar-refractivity contribution in [1.29, 1.82) is 0 Å². The maximum absolute atomic E-state index is 13.0. The van der Waals surface area contributed by atoms with Gasteiger partial charge in [-0.1, -0.05) is 15.9 Å². The largest absolute Gasteiger partial charge is 0.338 e. The highest BCUT2D eigenvalue weighted by molar-refractivity contribution is 9.09. The van der Waals surface area contributed by atoms with Crippen LogP contribution in [0.25, 0.3) is 0 Å². The molecule has 17 heavy (non-hydrogen) atoms. The monoisotopic (exact) mass is 299 g/mol. The van der Waals surface area contributed by atoms with E-state index in [0.717, 1.165) is 24.8 Å². The Kier molecular flexibility index (Phi) is 3.82. The highest BCUT2D eigenvalue weighted by Gasteiger charge is 2.26. The first kappa shape index (κ1) is 12.6. The van der Waals surface area contributed by atoms with Crippen LogP contribution in [0.3, 0.4) is 0 Å². The van der Waals surface area contributed by atoms with Crippen molar-refractivity contribution in [3.05, 3.63) is 35.1 Å². The van der Waals surface area contributed by atoms with Crippen molar-refractivity contribution in [1.82, 2.24) is 4.90 Å². The maximum atomic E-state index is 13.0. The minimum Gasteiger partial charge on any atom is -0.338 e. The average Bonchev–Trinajstić information content (AvgIpc) is 2.76. The molecular formula is C13H15BrFNO. The topological polar surface area (TPSA) is 20.3 Å². The lowest BCUT2D eigenvalue weighted by Crippen LogP contribution is -2.29. The molecule has 1 aromatic carbocycles. The molecule has 2 rings (SSSR count). The number of alkyl halides is 1. The maximum Gasteiger partial charge on any atom is 0.254 e. The highest BCUT2D eigenvalue weighted by Crippen LogP contribution is 2.21. The highest BCUT2D eigenvalue weighted by atomic mass is 79.9. The normalized spacial score (nSPS) is 19.7. The molecule has 4 heteroatoms. The molecule has 1 aliphatic heterocycles. The molecule has 1 saturated heterocycles. The van der Waals surface area contributed by atoms with Crippen LogP contribution in [-0.4, -0.2) is 29.2 Å². The summed E-state index contributed by atoms with van der Waals surface area (Å²) < 4.78 is 13.0.